The van der Waals surface area contributed by atoms with Crippen LogP contribution in [0.15, 0.2) is 30.6 Å². The number of nitriles is 1. The molecule has 1 fully saturated rings. The summed E-state index contributed by atoms with van der Waals surface area (Å²) >= 11 is 0. The number of likely N-dealkylation sites (N-methyl/N-ethyl adjacent to an activating group) is 1. The summed E-state index contributed by atoms with van der Waals surface area (Å²) in [5.41, 5.74) is 2.73. The lowest BCUT2D eigenvalue weighted by atomic mass is 9.91. The summed E-state index contributed by atoms with van der Waals surface area (Å²) in [5, 5.41) is 19.6. The molecule has 2 aromatic rings. The first-order valence-electron chi connectivity index (χ1n) is 7.57. The summed E-state index contributed by atoms with van der Waals surface area (Å²) in [4.78, 5) is 2.19. The molecule has 1 aliphatic carbocycles. The molecule has 110 valence electrons. The van der Waals surface area contributed by atoms with Crippen molar-refractivity contribution >= 4 is 5.52 Å². The van der Waals surface area contributed by atoms with Crippen LogP contribution >= 0.6 is 0 Å². The number of hydrogen-bond acceptors (Lipinski definition) is 3. The van der Waals surface area contributed by atoms with Crippen LogP contribution in [0.4, 0.5) is 0 Å². The molecule has 0 saturated heterocycles. The van der Waals surface area contributed by atoms with Gasteiger partial charge in [0.25, 0.3) is 0 Å². The topological polar surface area (TPSA) is 51.7 Å². The van der Waals surface area contributed by atoms with Gasteiger partial charge in [-0.25, -0.2) is 0 Å². The number of pyridine rings is 1. The highest BCUT2D eigenvalue weighted by Gasteiger charge is 2.27. The zero-order valence-corrected chi connectivity index (χ0v) is 12.4. The van der Waals surface area contributed by atoms with Gasteiger partial charge in [0.2, 0.25) is 0 Å². The summed E-state index contributed by atoms with van der Waals surface area (Å²) in [6.07, 6.45) is 7.96. The van der Waals surface area contributed by atoms with Crippen molar-refractivity contribution in [1.29, 1.82) is 5.26 Å². The smallest absolute Gasteiger partial charge is 0.102 e. The predicted molar refractivity (Wildman–Crippen MR) is 81.8 cm³/mol. The standard InChI is InChI=1S/C17H21N3O/c1-19(16-7-2-3-8-17(16)21)11-13-12-20-9-5-4-6-15(20)14(13)10-18/h4-6,9,12,16-17,21H,2-3,7-8,11H2,1H3. The van der Waals surface area contributed by atoms with Gasteiger partial charge in [-0.2, -0.15) is 5.26 Å². The molecule has 21 heavy (non-hydrogen) atoms. The zero-order valence-electron chi connectivity index (χ0n) is 12.4. The average Bonchev–Trinajstić information content (AvgIpc) is 2.84. The minimum absolute atomic E-state index is 0.202. The largest absolute Gasteiger partial charge is 0.391 e. The second-order valence-corrected chi connectivity index (χ2v) is 5.97. The maximum atomic E-state index is 10.2. The molecular weight excluding hydrogens is 262 g/mol. The highest BCUT2D eigenvalue weighted by molar-refractivity contribution is 5.65. The third-order valence-corrected chi connectivity index (χ3v) is 4.55. The van der Waals surface area contributed by atoms with E-state index in [1.165, 1.54) is 6.42 Å². The Bertz CT molecular complexity index is 670. The van der Waals surface area contributed by atoms with Gasteiger partial charge in [-0.15, -0.1) is 0 Å². The van der Waals surface area contributed by atoms with Crippen molar-refractivity contribution in [1.82, 2.24) is 9.30 Å². The summed E-state index contributed by atoms with van der Waals surface area (Å²) < 4.78 is 2.00. The third kappa shape index (κ3) is 2.67. The second-order valence-electron chi connectivity index (χ2n) is 5.97. The number of nitrogens with zero attached hydrogens (tertiary/aromatic N) is 3. The van der Waals surface area contributed by atoms with E-state index >= 15 is 0 Å². The van der Waals surface area contributed by atoms with Crippen molar-refractivity contribution in [3.8, 4) is 6.07 Å². The van der Waals surface area contributed by atoms with Gasteiger partial charge < -0.3 is 9.51 Å². The Morgan fingerprint density at radius 3 is 2.95 bits per heavy atom. The van der Waals surface area contributed by atoms with Gasteiger partial charge in [-0.3, -0.25) is 4.90 Å². The molecule has 1 saturated carbocycles. The predicted octanol–water partition coefficient (Wildman–Crippen LogP) is 2.55. The van der Waals surface area contributed by atoms with Crippen molar-refractivity contribution in [3.63, 3.8) is 0 Å². The van der Waals surface area contributed by atoms with Gasteiger partial charge in [0, 0.05) is 30.5 Å². The van der Waals surface area contributed by atoms with Gasteiger partial charge in [-0.05, 0) is 32.0 Å². The Morgan fingerprint density at radius 2 is 2.19 bits per heavy atom. The molecule has 4 nitrogen and oxygen atoms in total. The second kappa shape index (κ2) is 5.88. The molecule has 0 aliphatic heterocycles. The minimum atomic E-state index is -0.244. The number of aliphatic hydroxyl groups is 1. The highest BCUT2D eigenvalue weighted by atomic mass is 16.3. The summed E-state index contributed by atoms with van der Waals surface area (Å²) in [6, 6.07) is 8.42. The van der Waals surface area contributed by atoms with E-state index in [0.29, 0.717) is 6.54 Å². The number of aliphatic hydroxyl groups excluding tert-OH is 1. The molecule has 2 atom stereocenters. The van der Waals surface area contributed by atoms with Crippen LogP contribution in [-0.4, -0.2) is 33.6 Å². The van der Waals surface area contributed by atoms with Crippen LogP contribution in [0.2, 0.25) is 0 Å². The molecule has 2 heterocycles. The van der Waals surface area contributed by atoms with Gasteiger partial charge in [0.15, 0.2) is 0 Å². The van der Waals surface area contributed by atoms with E-state index < -0.39 is 0 Å². The van der Waals surface area contributed by atoms with Crippen LogP contribution in [-0.2, 0) is 6.54 Å². The lowest BCUT2D eigenvalue weighted by molar-refractivity contribution is 0.0288. The molecule has 1 aliphatic rings. The first-order chi connectivity index (χ1) is 10.2. The molecule has 0 bridgehead atoms. The Hall–Kier alpha value is -1.83. The van der Waals surface area contributed by atoms with E-state index in [0.717, 1.165) is 35.9 Å². The maximum absolute atomic E-state index is 10.2. The first-order valence-corrected chi connectivity index (χ1v) is 7.57. The number of aromatic nitrogens is 1. The van der Waals surface area contributed by atoms with Crippen molar-refractivity contribution in [2.45, 2.75) is 44.4 Å². The molecular formula is C17H21N3O. The van der Waals surface area contributed by atoms with E-state index in [-0.39, 0.29) is 12.1 Å². The fraction of sp³-hybridized carbons (Fsp3) is 0.471. The Labute approximate surface area is 125 Å². The van der Waals surface area contributed by atoms with Crippen LogP contribution in [0.3, 0.4) is 0 Å². The van der Waals surface area contributed by atoms with E-state index in [4.69, 9.17) is 0 Å². The molecule has 0 radical (unpaired) electrons. The van der Waals surface area contributed by atoms with Gasteiger partial charge in [0.05, 0.1) is 17.2 Å². The monoisotopic (exact) mass is 283 g/mol. The average molecular weight is 283 g/mol. The van der Waals surface area contributed by atoms with Crippen molar-refractivity contribution in [2.75, 3.05) is 7.05 Å². The van der Waals surface area contributed by atoms with Crippen LogP contribution in [0, 0.1) is 11.3 Å². The number of fused-ring (bicyclic) bond motifs is 1. The minimum Gasteiger partial charge on any atom is -0.391 e. The Kier molecular flexibility index (Phi) is 3.96. The third-order valence-electron chi connectivity index (χ3n) is 4.55. The molecule has 4 heteroatoms. The van der Waals surface area contributed by atoms with Crippen LogP contribution in [0.5, 0.6) is 0 Å². The van der Waals surface area contributed by atoms with Crippen LogP contribution < -0.4 is 0 Å². The highest BCUT2D eigenvalue weighted by Crippen LogP contribution is 2.25. The summed E-state index contributed by atoms with van der Waals surface area (Å²) in [6.45, 7) is 0.701. The van der Waals surface area contributed by atoms with Gasteiger partial charge >= 0.3 is 0 Å². The van der Waals surface area contributed by atoms with Crippen LogP contribution in [0.25, 0.3) is 5.52 Å². The quantitative estimate of drug-likeness (QED) is 0.942. The molecule has 0 amide bonds. The molecule has 3 rings (SSSR count). The fourth-order valence-corrected chi connectivity index (χ4v) is 3.42. The van der Waals surface area contributed by atoms with E-state index in [2.05, 4.69) is 11.0 Å². The molecule has 0 aromatic carbocycles. The normalized spacial score (nSPS) is 22.6. The SMILES string of the molecule is CN(Cc1cn2ccccc2c1C#N)C1CCCCC1O. The molecule has 2 aromatic heterocycles. The van der Waals surface area contributed by atoms with Crippen molar-refractivity contribution in [2.24, 2.45) is 0 Å². The van der Waals surface area contributed by atoms with E-state index in [1.54, 1.807) is 0 Å². The molecule has 0 spiro atoms. The zero-order chi connectivity index (χ0) is 14.8. The lowest BCUT2D eigenvalue weighted by Gasteiger charge is -2.35. The maximum Gasteiger partial charge on any atom is 0.102 e. The van der Waals surface area contributed by atoms with Crippen molar-refractivity contribution in [3.05, 3.63) is 41.7 Å². The molecule has 2 unspecified atom stereocenters. The van der Waals surface area contributed by atoms with E-state index in [9.17, 15) is 10.4 Å². The Balaban J connectivity index is 1.86. The first kappa shape index (κ1) is 14.1. The summed E-state index contributed by atoms with van der Waals surface area (Å²) in [7, 11) is 2.04. The lowest BCUT2D eigenvalue weighted by Crippen LogP contribution is -2.42. The van der Waals surface area contributed by atoms with Crippen LogP contribution in [0.1, 0.15) is 36.8 Å². The fourth-order valence-electron chi connectivity index (χ4n) is 3.42. The van der Waals surface area contributed by atoms with E-state index in [1.807, 2.05) is 42.0 Å². The number of hydrogen-bond donors (Lipinski definition) is 1. The number of rotatable bonds is 3. The molecule has 1 N–H and O–H groups in total. The van der Waals surface area contributed by atoms with Gasteiger partial charge in [0.1, 0.15) is 6.07 Å². The summed E-state index contributed by atoms with van der Waals surface area (Å²) in [5.74, 6) is 0. The van der Waals surface area contributed by atoms with Gasteiger partial charge in [-0.1, -0.05) is 18.9 Å². The Morgan fingerprint density at radius 1 is 1.38 bits per heavy atom. The van der Waals surface area contributed by atoms with Crippen molar-refractivity contribution < 1.29 is 5.11 Å².